The third-order valence-electron chi connectivity index (χ3n) is 6.26. The van der Waals surface area contributed by atoms with Crippen LogP contribution in [-0.2, 0) is 6.54 Å². The topological polar surface area (TPSA) is 81.6 Å². The van der Waals surface area contributed by atoms with Crippen LogP contribution in [-0.4, -0.2) is 54.9 Å². The molecule has 1 N–H and O–H groups in total. The number of aromatic nitrogens is 3. The van der Waals surface area contributed by atoms with E-state index in [1.54, 1.807) is 19.5 Å². The molecule has 0 spiro atoms. The quantitative estimate of drug-likeness (QED) is 0.567. The van der Waals surface area contributed by atoms with Gasteiger partial charge in [0, 0.05) is 43.0 Å². The first-order valence-corrected chi connectivity index (χ1v) is 11.3. The van der Waals surface area contributed by atoms with Crippen LogP contribution in [0.2, 0.25) is 0 Å². The Hall–Kier alpha value is -3.13. The van der Waals surface area contributed by atoms with Gasteiger partial charge in [0.05, 0.1) is 25.2 Å². The first-order valence-electron chi connectivity index (χ1n) is 11.3. The second-order valence-electron chi connectivity index (χ2n) is 8.29. The number of nitrogens with zero attached hydrogens (tertiary/aromatic N) is 4. The molecule has 0 radical (unpaired) electrons. The maximum Gasteiger partial charge on any atom is 0.179 e. The number of nitrogens with one attached hydrogen (secondary N) is 1. The molecule has 1 fully saturated rings. The molecular formula is C24H29N5O3. The lowest BCUT2D eigenvalue weighted by Gasteiger charge is -2.34. The Bertz CT molecular complexity index is 1070. The number of anilines is 1. The summed E-state index contributed by atoms with van der Waals surface area (Å²) in [5, 5.41) is 4.59. The molecule has 8 nitrogen and oxygen atoms in total. The third-order valence-corrected chi connectivity index (χ3v) is 6.26. The lowest BCUT2D eigenvalue weighted by Crippen LogP contribution is -2.34. The monoisotopic (exact) mass is 435 g/mol. The van der Waals surface area contributed by atoms with E-state index in [9.17, 15) is 0 Å². The van der Waals surface area contributed by atoms with Crippen LogP contribution in [0.25, 0.3) is 11.0 Å². The van der Waals surface area contributed by atoms with E-state index in [4.69, 9.17) is 14.2 Å². The summed E-state index contributed by atoms with van der Waals surface area (Å²) in [7, 11) is 1.67. The summed E-state index contributed by atoms with van der Waals surface area (Å²) < 4.78 is 16.5. The number of pyridine rings is 3. The zero-order valence-corrected chi connectivity index (χ0v) is 18.4. The van der Waals surface area contributed by atoms with Crippen molar-refractivity contribution in [3.63, 3.8) is 0 Å². The van der Waals surface area contributed by atoms with Crippen molar-refractivity contribution in [3.8, 4) is 17.2 Å². The van der Waals surface area contributed by atoms with E-state index in [-0.39, 0.29) is 0 Å². The highest BCUT2D eigenvalue weighted by molar-refractivity contribution is 5.90. The highest BCUT2D eigenvalue weighted by Gasteiger charge is 2.21. The maximum atomic E-state index is 5.64. The van der Waals surface area contributed by atoms with Crippen LogP contribution in [0.5, 0.6) is 17.2 Å². The molecule has 3 aromatic rings. The molecule has 0 amide bonds. The van der Waals surface area contributed by atoms with E-state index in [0.29, 0.717) is 13.2 Å². The number of ether oxygens (including phenoxy) is 3. The number of methoxy groups -OCH3 is 1. The summed E-state index contributed by atoms with van der Waals surface area (Å²) in [6, 6.07) is 6.10. The Labute approximate surface area is 187 Å². The summed E-state index contributed by atoms with van der Waals surface area (Å²) in [5.74, 6) is 3.03. The van der Waals surface area contributed by atoms with Crippen molar-refractivity contribution >= 4 is 16.7 Å². The molecule has 8 heteroatoms. The summed E-state index contributed by atoms with van der Waals surface area (Å²) in [4.78, 5) is 15.8. The van der Waals surface area contributed by atoms with Crippen LogP contribution < -0.4 is 24.4 Å². The van der Waals surface area contributed by atoms with Crippen LogP contribution in [0, 0.1) is 5.92 Å². The van der Waals surface area contributed by atoms with Crippen molar-refractivity contribution in [1.82, 2.24) is 20.3 Å². The fourth-order valence-electron chi connectivity index (χ4n) is 4.46. The third kappa shape index (κ3) is 4.55. The molecule has 0 unspecified atom stereocenters. The lowest BCUT2D eigenvalue weighted by molar-refractivity contribution is 0.170. The van der Waals surface area contributed by atoms with Gasteiger partial charge in [0.25, 0.3) is 0 Å². The minimum absolute atomic E-state index is 0.591. The van der Waals surface area contributed by atoms with E-state index < -0.39 is 0 Å². The Balaban J connectivity index is 1.11. The molecule has 1 saturated heterocycles. The van der Waals surface area contributed by atoms with Gasteiger partial charge >= 0.3 is 0 Å². The van der Waals surface area contributed by atoms with Gasteiger partial charge in [0.1, 0.15) is 19.0 Å². The van der Waals surface area contributed by atoms with Gasteiger partial charge in [-0.15, -0.1) is 0 Å². The maximum absolute atomic E-state index is 5.64. The van der Waals surface area contributed by atoms with Crippen molar-refractivity contribution in [3.05, 3.63) is 42.5 Å². The minimum Gasteiger partial charge on any atom is -0.495 e. The number of hydrogen-bond acceptors (Lipinski definition) is 8. The smallest absolute Gasteiger partial charge is 0.179 e. The van der Waals surface area contributed by atoms with Crippen LogP contribution in [0.3, 0.4) is 0 Å². The molecule has 32 heavy (non-hydrogen) atoms. The molecular weight excluding hydrogens is 406 g/mol. The normalized spacial score (nSPS) is 16.3. The number of rotatable bonds is 7. The predicted molar refractivity (Wildman–Crippen MR) is 123 cm³/mol. The fraction of sp³-hybridized carbons (Fsp3) is 0.458. The van der Waals surface area contributed by atoms with Gasteiger partial charge in [0.15, 0.2) is 17.1 Å². The van der Waals surface area contributed by atoms with Crippen molar-refractivity contribution in [1.29, 1.82) is 0 Å². The molecule has 168 valence electrons. The molecule has 0 aliphatic carbocycles. The molecule has 0 bridgehead atoms. The number of piperidine rings is 1. The van der Waals surface area contributed by atoms with Crippen LogP contribution in [0.4, 0.5) is 5.69 Å². The number of fused-ring (bicyclic) bond motifs is 2. The van der Waals surface area contributed by atoms with Crippen LogP contribution >= 0.6 is 0 Å². The first kappa shape index (κ1) is 20.8. The van der Waals surface area contributed by atoms with Gasteiger partial charge < -0.3 is 24.4 Å². The highest BCUT2D eigenvalue weighted by atomic mass is 16.6. The molecule has 0 saturated carbocycles. The van der Waals surface area contributed by atoms with Crippen molar-refractivity contribution in [2.45, 2.75) is 25.8 Å². The molecule has 3 aromatic heterocycles. The molecule has 2 aliphatic heterocycles. The van der Waals surface area contributed by atoms with Gasteiger partial charge in [-0.3, -0.25) is 4.98 Å². The second-order valence-corrected chi connectivity index (χ2v) is 8.29. The molecule has 0 aromatic carbocycles. The molecule has 5 heterocycles. The zero-order chi connectivity index (χ0) is 21.8. The molecule has 5 rings (SSSR count). The summed E-state index contributed by atoms with van der Waals surface area (Å²) >= 11 is 0. The summed E-state index contributed by atoms with van der Waals surface area (Å²) in [5.41, 5.74) is 2.95. The van der Waals surface area contributed by atoms with E-state index in [1.165, 1.54) is 24.9 Å². The zero-order valence-electron chi connectivity index (χ0n) is 18.4. The van der Waals surface area contributed by atoms with Gasteiger partial charge in [0.2, 0.25) is 0 Å². The van der Waals surface area contributed by atoms with Crippen LogP contribution in [0.15, 0.2) is 36.8 Å². The Kier molecular flexibility index (Phi) is 6.20. The first-order chi connectivity index (χ1) is 15.8. The van der Waals surface area contributed by atoms with E-state index >= 15 is 0 Å². The van der Waals surface area contributed by atoms with Crippen molar-refractivity contribution in [2.75, 3.05) is 44.9 Å². The molecule has 2 aliphatic rings. The average Bonchev–Trinajstić information content (AvgIpc) is 2.86. The SMILES string of the molecule is COc1cnc2nccc(N3CCC(CCNCc4cc5c(cn4)OCCO5)CC3)c2c1. The highest BCUT2D eigenvalue weighted by Crippen LogP contribution is 2.31. The van der Waals surface area contributed by atoms with Gasteiger partial charge in [-0.05, 0) is 43.9 Å². The van der Waals surface area contributed by atoms with Crippen molar-refractivity contribution in [2.24, 2.45) is 5.92 Å². The Morgan fingerprint density at radius 3 is 2.75 bits per heavy atom. The Morgan fingerprint density at radius 1 is 1.06 bits per heavy atom. The largest absolute Gasteiger partial charge is 0.495 e. The van der Waals surface area contributed by atoms with Gasteiger partial charge in [-0.2, -0.15) is 0 Å². The lowest BCUT2D eigenvalue weighted by atomic mass is 9.93. The summed E-state index contributed by atoms with van der Waals surface area (Å²) in [6.07, 6.45) is 8.87. The fourth-order valence-corrected chi connectivity index (χ4v) is 4.46. The average molecular weight is 436 g/mol. The minimum atomic E-state index is 0.591. The van der Waals surface area contributed by atoms with Crippen LogP contribution in [0.1, 0.15) is 25.0 Å². The van der Waals surface area contributed by atoms with E-state index in [1.807, 2.05) is 18.3 Å². The second kappa shape index (κ2) is 9.56. The van der Waals surface area contributed by atoms with Gasteiger partial charge in [-0.25, -0.2) is 9.97 Å². The van der Waals surface area contributed by atoms with Crippen molar-refractivity contribution < 1.29 is 14.2 Å². The molecule has 0 atom stereocenters. The van der Waals surface area contributed by atoms with E-state index in [2.05, 4.69) is 31.2 Å². The van der Waals surface area contributed by atoms with E-state index in [0.717, 1.165) is 66.1 Å². The Morgan fingerprint density at radius 2 is 1.91 bits per heavy atom. The predicted octanol–water partition coefficient (Wildman–Crippen LogP) is 3.20. The standard InChI is InChI=1S/C24H29N5O3/c1-30-19-13-20-21(3-7-26-24(20)28-15-19)29-8-4-17(5-9-29)2-6-25-14-18-12-22-23(16-27-18)32-11-10-31-22/h3,7,12-13,15-17,25H,2,4-6,8-11,14H2,1H3. The number of hydrogen-bond donors (Lipinski definition) is 1. The summed E-state index contributed by atoms with van der Waals surface area (Å²) in [6.45, 7) is 5.01. The van der Waals surface area contributed by atoms with Gasteiger partial charge in [-0.1, -0.05) is 0 Å².